The number of anilines is 1. The summed E-state index contributed by atoms with van der Waals surface area (Å²) in [5.74, 6) is 1.10. The minimum Gasteiger partial charge on any atom is -0.491 e. The van der Waals surface area contributed by atoms with E-state index in [-0.39, 0.29) is 6.10 Å². The van der Waals surface area contributed by atoms with E-state index in [4.69, 9.17) is 4.74 Å². The van der Waals surface area contributed by atoms with Gasteiger partial charge in [0.25, 0.3) is 0 Å². The van der Waals surface area contributed by atoms with Crippen LogP contribution in [0, 0.1) is 6.92 Å². The van der Waals surface area contributed by atoms with Gasteiger partial charge in [0.15, 0.2) is 5.82 Å². The first kappa shape index (κ1) is 14.7. The summed E-state index contributed by atoms with van der Waals surface area (Å²) in [5.41, 5.74) is 3.61. The Kier molecular flexibility index (Phi) is 4.65. The molecule has 7 heteroatoms. The van der Waals surface area contributed by atoms with Gasteiger partial charge in [-0.1, -0.05) is 12.1 Å². The fourth-order valence-corrected chi connectivity index (χ4v) is 1.61. The van der Waals surface area contributed by atoms with Crippen LogP contribution in [0.25, 0.3) is 0 Å². The Hall–Kier alpha value is -2.70. The summed E-state index contributed by atoms with van der Waals surface area (Å²) in [4.78, 5) is 14.8. The minimum atomic E-state index is -0.523. The van der Waals surface area contributed by atoms with Gasteiger partial charge < -0.3 is 4.74 Å². The van der Waals surface area contributed by atoms with E-state index in [0.29, 0.717) is 11.5 Å². The van der Waals surface area contributed by atoms with Crippen LogP contribution in [0.3, 0.4) is 0 Å². The van der Waals surface area contributed by atoms with E-state index in [1.165, 1.54) is 0 Å². The van der Waals surface area contributed by atoms with Crippen LogP contribution in [0.5, 0.6) is 5.75 Å². The topological polar surface area (TPSA) is 92.3 Å². The van der Waals surface area contributed by atoms with E-state index in [1.54, 1.807) is 13.1 Å². The van der Waals surface area contributed by atoms with Crippen molar-refractivity contribution in [1.29, 1.82) is 0 Å². The second-order valence-corrected chi connectivity index (χ2v) is 4.68. The number of benzene rings is 1. The van der Waals surface area contributed by atoms with Crippen LogP contribution in [0.1, 0.15) is 25.1 Å². The quantitative estimate of drug-likeness (QED) is 0.645. The van der Waals surface area contributed by atoms with Gasteiger partial charge in [-0.05, 0) is 38.5 Å². The molecule has 0 amide bonds. The Morgan fingerprint density at radius 3 is 3.00 bits per heavy atom. The molecule has 0 spiro atoms. The molecule has 0 aliphatic carbocycles. The highest BCUT2D eigenvalue weighted by Gasteiger charge is 2.01. The molecular formula is C14H17N5O2. The number of hydrogen-bond acceptors (Lipinski definition) is 6. The molecule has 110 valence electrons. The van der Waals surface area contributed by atoms with E-state index in [9.17, 15) is 4.79 Å². The molecule has 1 aromatic heterocycles. The van der Waals surface area contributed by atoms with Gasteiger partial charge in [0.05, 0.1) is 12.3 Å². The number of ether oxygens (including phenoxy) is 1. The van der Waals surface area contributed by atoms with Gasteiger partial charge in [-0.2, -0.15) is 15.2 Å². The average Bonchev–Trinajstić information content (AvgIpc) is 2.42. The van der Waals surface area contributed by atoms with Crippen molar-refractivity contribution in [3.05, 3.63) is 46.0 Å². The minimum absolute atomic E-state index is 0.115. The summed E-state index contributed by atoms with van der Waals surface area (Å²) in [6.07, 6.45) is 1.74. The Labute approximate surface area is 122 Å². The lowest BCUT2D eigenvalue weighted by Crippen LogP contribution is -2.15. The SMILES string of the molecule is Cc1n[nH]c(=O)nc1N/N=C/c1cccc(OC(C)C)c1. The first-order valence-electron chi connectivity index (χ1n) is 6.53. The van der Waals surface area contributed by atoms with Crippen LogP contribution in [0.4, 0.5) is 5.82 Å². The fraction of sp³-hybridized carbons (Fsp3) is 0.286. The number of aromatic nitrogens is 3. The highest BCUT2D eigenvalue weighted by Crippen LogP contribution is 2.13. The van der Waals surface area contributed by atoms with Gasteiger partial charge in [0.1, 0.15) is 11.4 Å². The lowest BCUT2D eigenvalue weighted by Gasteiger charge is -2.09. The zero-order valence-corrected chi connectivity index (χ0v) is 12.1. The molecule has 0 radical (unpaired) electrons. The standard InChI is InChI=1S/C14H17N5O2/c1-9(2)21-12-6-4-5-11(7-12)8-15-18-13-10(3)17-19-14(20)16-13/h4-9H,1-3H3,(H2,16,18,19,20)/b15-8+. The molecule has 0 unspecified atom stereocenters. The van der Waals surface area contributed by atoms with Crippen molar-refractivity contribution in [2.24, 2.45) is 5.10 Å². The monoisotopic (exact) mass is 287 g/mol. The maximum atomic E-state index is 11.1. The molecular weight excluding hydrogens is 270 g/mol. The lowest BCUT2D eigenvalue weighted by molar-refractivity contribution is 0.242. The molecule has 0 bridgehead atoms. The lowest BCUT2D eigenvalue weighted by atomic mass is 10.2. The molecule has 0 aliphatic heterocycles. The Morgan fingerprint density at radius 1 is 1.43 bits per heavy atom. The van der Waals surface area contributed by atoms with E-state index < -0.39 is 5.69 Å². The van der Waals surface area contributed by atoms with Crippen molar-refractivity contribution in [1.82, 2.24) is 15.2 Å². The van der Waals surface area contributed by atoms with Crippen LogP contribution >= 0.6 is 0 Å². The number of nitrogens with one attached hydrogen (secondary N) is 2. The Balaban J connectivity index is 2.07. The van der Waals surface area contributed by atoms with Gasteiger partial charge in [-0.25, -0.2) is 9.89 Å². The smallest absolute Gasteiger partial charge is 0.363 e. The van der Waals surface area contributed by atoms with Crippen LogP contribution in [-0.2, 0) is 0 Å². The molecule has 2 rings (SSSR count). The maximum absolute atomic E-state index is 11.1. The normalized spacial score (nSPS) is 11.0. The molecule has 1 heterocycles. The van der Waals surface area contributed by atoms with Crippen molar-refractivity contribution in [2.75, 3.05) is 5.43 Å². The number of hydrazone groups is 1. The molecule has 0 saturated heterocycles. The molecule has 1 aromatic carbocycles. The van der Waals surface area contributed by atoms with E-state index in [0.717, 1.165) is 11.3 Å². The third-order valence-corrected chi connectivity index (χ3v) is 2.49. The first-order chi connectivity index (χ1) is 10.0. The van der Waals surface area contributed by atoms with Gasteiger partial charge in [0, 0.05) is 0 Å². The number of rotatable bonds is 5. The zero-order chi connectivity index (χ0) is 15.2. The number of aromatic amines is 1. The second kappa shape index (κ2) is 6.65. The summed E-state index contributed by atoms with van der Waals surface area (Å²) < 4.78 is 5.60. The van der Waals surface area contributed by atoms with Crippen molar-refractivity contribution >= 4 is 12.0 Å². The van der Waals surface area contributed by atoms with E-state index in [1.807, 2.05) is 38.1 Å². The van der Waals surface area contributed by atoms with Gasteiger partial charge in [0.2, 0.25) is 0 Å². The fourth-order valence-electron chi connectivity index (χ4n) is 1.61. The van der Waals surface area contributed by atoms with Crippen LogP contribution < -0.4 is 15.9 Å². The average molecular weight is 287 g/mol. The summed E-state index contributed by atoms with van der Waals surface area (Å²) >= 11 is 0. The van der Waals surface area contributed by atoms with E-state index >= 15 is 0 Å². The maximum Gasteiger partial charge on any atom is 0.363 e. The number of aryl methyl sites for hydroxylation is 1. The van der Waals surface area contributed by atoms with Crippen LogP contribution in [0.15, 0.2) is 34.2 Å². The third-order valence-electron chi connectivity index (χ3n) is 2.49. The molecule has 0 aliphatic rings. The van der Waals surface area contributed by atoms with Crippen molar-refractivity contribution in [3.63, 3.8) is 0 Å². The molecule has 2 N–H and O–H groups in total. The van der Waals surface area contributed by atoms with Crippen LogP contribution in [-0.4, -0.2) is 27.5 Å². The van der Waals surface area contributed by atoms with Crippen molar-refractivity contribution in [2.45, 2.75) is 26.9 Å². The number of H-pyrrole nitrogens is 1. The predicted octanol–water partition coefficient (Wildman–Crippen LogP) is 1.71. The Morgan fingerprint density at radius 2 is 2.24 bits per heavy atom. The largest absolute Gasteiger partial charge is 0.491 e. The predicted molar refractivity (Wildman–Crippen MR) is 80.8 cm³/mol. The van der Waals surface area contributed by atoms with Crippen molar-refractivity contribution in [3.8, 4) is 5.75 Å². The molecule has 2 aromatic rings. The number of hydrogen-bond donors (Lipinski definition) is 2. The third kappa shape index (κ3) is 4.41. The zero-order valence-electron chi connectivity index (χ0n) is 12.1. The van der Waals surface area contributed by atoms with Gasteiger partial charge in [-0.15, -0.1) is 0 Å². The van der Waals surface area contributed by atoms with Gasteiger partial charge >= 0.3 is 5.69 Å². The molecule has 7 nitrogen and oxygen atoms in total. The van der Waals surface area contributed by atoms with E-state index in [2.05, 4.69) is 25.7 Å². The molecule has 0 fully saturated rings. The number of nitrogens with zero attached hydrogens (tertiary/aromatic N) is 3. The molecule has 0 saturated carbocycles. The summed E-state index contributed by atoms with van der Waals surface area (Å²) in [7, 11) is 0. The molecule has 0 atom stereocenters. The summed E-state index contributed by atoms with van der Waals surface area (Å²) in [6, 6.07) is 7.55. The summed E-state index contributed by atoms with van der Waals surface area (Å²) in [6.45, 7) is 5.66. The molecule has 21 heavy (non-hydrogen) atoms. The highest BCUT2D eigenvalue weighted by atomic mass is 16.5. The first-order valence-corrected chi connectivity index (χ1v) is 6.53. The van der Waals surface area contributed by atoms with Crippen LogP contribution in [0.2, 0.25) is 0 Å². The van der Waals surface area contributed by atoms with Gasteiger partial charge in [-0.3, -0.25) is 5.43 Å². The highest BCUT2D eigenvalue weighted by molar-refractivity contribution is 5.80. The van der Waals surface area contributed by atoms with Crippen molar-refractivity contribution < 1.29 is 4.74 Å². The second-order valence-electron chi connectivity index (χ2n) is 4.68. The summed E-state index contributed by atoms with van der Waals surface area (Å²) in [5, 5.41) is 10.1. The Bertz CT molecular complexity index is 694.